The number of nitrogens with two attached hydrogens (primary N) is 1. The van der Waals surface area contributed by atoms with Crippen molar-refractivity contribution in [1.82, 2.24) is 19.9 Å². The number of nitrogens with one attached hydrogen (secondary N) is 2. The van der Waals surface area contributed by atoms with Gasteiger partial charge in [-0.1, -0.05) is 11.6 Å². The van der Waals surface area contributed by atoms with Gasteiger partial charge in [-0.05, 0) is 24.3 Å². The zero-order valence-electron chi connectivity index (χ0n) is 14.5. The smallest absolute Gasteiger partial charge is 0.279 e. The molecule has 10 nitrogen and oxygen atoms in total. The number of carbonyl (C=O) groups excluding carboxylic acids is 3. The van der Waals surface area contributed by atoms with Crippen LogP contribution in [0.5, 0.6) is 0 Å². The summed E-state index contributed by atoms with van der Waals surface area (Å²) in [6, 6.07) is 6.42. The van der Waals surface area contributed by atoms with Gasteiger partial charge in [0.15, 0.2) is 16.5 Å². The van der Waals surface area contributed by atoms with Crippen molar-refractivity contribution in [2.75, 3.05) is 17.3 Å². The predicted molar refractivity (Wildman–Crippen MR) is 101 cm³/mol. The second-order valence-electron chi connectivity index (χ2n) is 5.55. The first kappa shape index (κ1) is 19.0. The minimum Gasteiger partial charge on any atom is -0.364 e. The summed E-state index contributed by atoms with van der Waals surface area (Å²) in [5.41, 5.74) is 6.05. The number of amides is 3. The molecule has 0 bridgehead atoms. The number of aromatic nitrogens is 4. The highest BCUT2D eigenvalue weighted by molar-refractivity contribution is 6.32. The number of nitrogens with zero attached hydrogens (tertiary/aromatic N) is 4. The van der Waals surface area contributed by atoms with Gasteiger partial charge in [-0.15, -0.1) is 0 Å². The van der Waals surface area contributed by atoms with E-state index in [9.17, 15) is 14.4 Å². The van der Waals surface area contributed by atoms with E-state index in [0.717, 1.165) is 0 Å². The van der Waals surface area contributed by atoms with Gasteiger partial charge in [-0.25, -0.2) is 15.0 Å². The van der Waals surface area contributed by atoms with Gasteiger partial charge in [-0.2, -0.15) is 0 Å². The number of rotatable bonds is 5. The maximum atomic E-state index is 12.6. The van der Waals surface area contributed by atoms with Gasteiger partial charge >= 0.3 is 0 Å². The van der Waals surface area contributed by atoms with E-state index < -0.39 is 17.7 Å². The number of imidazole rings is 1. The van der Waals surface area contributed by atoms with Crippen LogP contribution in [0.25, 0.3) is 0 Å². The summed E-state index contributed by atoms with van der Waals surface area (Å²) in [6.07, 6.45) is 3.96. The fourth-order valence-corrected chi connectivity index (χ4v) is 2.54. The van der Waals surface area contributed by atoms with E-state index in [-0.39, 0.29) is 22.2 Å². The molecule has 3 rings (SSSR count). The highest BCUT2D eigenvalue weighted by atomic mass is 35.5. The van der Waals surface area contributed by atoms with Gasteiger partial charge in [-0.3, -0.25) is 14.4 Å². The molecule has 0 fully saturated rings. The van der Waals surface area contributed by atoms with Crippen molar-refractivity contribution in [3.8, 4) is 0 Å². The van der Waals surface area contributed by atoms with Crippen molar-refractivity contribution >= 4 is 40.7 Å². The average molecular weight is 400 g/mol. The number of hydrogen-bond donors (Lipinski definition) is 3. The van der Waals surface area contributed by atoms with Gasteiger partial charge in [0.05, 0.1) is 6.33 Å². The Bertz CT molecular complexity index is 1050. The van der Waals surface area contributed by atoms with E-state index in [1.165, 1.54) is 30.7 Å². The first-order chi connectivity index (χ1) is 13.4. The summed E-state index contributed by atoms with van der Waals surface area (Å²) < 4.78 is 0. The minimum atomic E-state index is -0.782. The normalized spacial score (nSPS) is 10.4. The molecule has 3 aromatic rings. The molecule has 0 saturated carbocycles. The molecule has 11 heteroatoms. The Kier molecular flexibility index (Phi) is 5.32. The van der Waals surface area contributed by atoms with E-state index in [1.807, 2.05) is 0 Å². The number of primary amides is 1. The Morgan fingerprint density at radius 1 is 1.07 bits per heavy atom. The number of H-pyrrole nitrogens is 1. The molecule has 0 aliphatic rings. The lowest BCUT2D eigenvalue weighted by Crippen LogP contribution is -2.29. The third-order valence-electron chi connectivity index (χ3n) is 3.77. The Morgan fingerprint density at radius 2 is 1.75 bits per heavy atom. The third-order valence-corrected chi connectivity index (χ3v) is 4.05. The van der Waals surface area contributed by atoms with Crippen LogP contribution in [-0.2, 0) is 0 Å². The number of anilines is 2. The van der Waals surface area contributed by atoms with Gasteiger partial charge in [0.25, 0.3) is 17.7 Å². The van der Waals surface area contributed by atoms with Crippen molar-refractivity contribution in [3.63, 3.8) is 0 Å². The second kappa shape index (κ2) is 7.84. The zero-order valence-corrected chi connectivity index (χ0v) is 15.3. The highest BCUT2D eigenvalue weighted by Gasteiger charge is 2.22. The van der Waals surface area contributed by atoms with E-state index >= 15 is 0 Å². The summed E-state index contributed by atoms with van der Waals surface area (Å²) in [6.45, 7) is 0. The SMILES string of the molecule is CN(C(=O)c1nc[nH]c1C(N)=O)c1ccc(NC(=O)c2nccnc2Cl)cc1. The van der Waals surface area contributed by atoms with Gasteiger partial charge < -0.3 is 20.9 Å². The standard InChI is InChI=1S/C17H14ClN7O3/c1-25(17(28)12-11(15(19)26)22-8-23-12)10-4-2-9(3-5-10)24-16(27)13-14(18)21-7-6-20-13/h2-8H,1H3,(H2,19,26)(H,22,23)(H,24,27). The van der Waals surface area contributed by atoms with Crippen molar-refractivity contribution in [2.24, 2.45) is 5.73 Å². The molecule has 1 aromatic carbocycles. The molecule has 2 heterocycles. The number of hydrogen-bond acceptors (Lipinski definition) is 6. The summed E-state index contributed by atoms with van der Waals surface area (Å²) in [5, 5.41) is 2.63. The van der Waals surface area contributed by atoms with Crippen LogP contribution in [0.4, 0.5) is 11.4 Å². The zero-order chi connectivity index (χ0) is 20.3. The number of benzene rings is 1. The lowest BCUT2D eigenvalue weighted by molar-refractivity contribution is 0.0958. The van der Waals surface area contributed by atoms with Crippen molar-refractivity contribution in [2.45, 2.75) is 0 Å². The Hall–Kier alpha value is -3.79. The van der Waals surface area contributed by atoms with Gasteiger partial charge in [0.2, 0.25) is 0 Å². The molecule has 0 spiro atoms. The highest BCUT2D eigenvalue weighted by Crippen LogP contribution is 2.20. The summed E-state index contributed by atoms with van der Waals surface area (Å²) in [4.78, 5) is 51.5. The van der Waals surface area contributed by atoms with Crippen LogP contribution >= 0.6 is 11.6 Å². The van der Waals surface area contributed by atoms with Crippen LogP contribution in [0.1, 0.15) is 31.5 Å². The van der Waals surface area contributed by atoms with Crippen LogP contribution < -0.4 is 16.0 Å². The van der Waals surface area contributed by atoms with Crippen LogP contribution in [-0.4, -0.2) is 44.7 Å². The molecule has 2 aromatic heterocycles. The van der Waals surface area contributed by atoms with E-state index in [1.54, 1.807) is 24.3 Å². The van der Waals surface area contributed by atoms with Crippen LogP contribution in [0.2, 0.25) is 5.15 Å². The maximum absolute atomic E-state index is 12.6. The fraction of sp³-hybridized carbons (Fsp3) is 0.0588. The topological polar surface area (TPSA) is 147 Å². The van der Waals surface area contributed by atoms with Crippen molar-refractivity contribution in [3.05, 3.63) is 65.2 Å². The fourth-order valence-electron chi connectivity index (χ4n) is 2.35. The van der Waals surface area contributed by atoms with E-state index in [2.05, 4.69) is 25.3 Å². The summed E-state index contributed by atoms with van der Waals surface area (Å²) in [7, 11) is 1.52. The molecule has 3 amide bonds. The van der Waals surface area contributed by atoms with Crippen LogP contribution in [0.3, 0.4) is 0 Å². The van der Waals surface area contributed by atoms with Crippen LogP contribution in [0.15, 0.2) is 43.0 Å². The minimum absolute atomic E-state index is 0.00180. The first-order valence-electron chi connectivity index (χ1n) is 7.87. The number of carbonyl (C=O) groups is 3. The first-order valence-corrected chi connectivity index (χ1v) is 8.25. The molecular formula is C17H14ClN7O3. The molecule has 0 unspecified atom stereocenters. The molecular weight excluding hydrogens is 386 g/mol. The molecule has 142 valence electrons. The Labute approximate surface area is 163 Å². The molecule has 0 aliphatic carbocycles. The largest absolute Gasteiger partial charge is 0.364 e. The maximum Gasteiger partial charge on any atom is 0.279 e. The average Bonchev–Trinajstić information content (AvgIpc) is 3.18. The lowest BCUT2D eigenvalue weighted by Gasteiger charge is -2.17. The van der Waals surface area contributed by atoms with Crippen LogP contribution in [0, 0.1) is 0 Å². The molecule has 4 N–H and O–H groups in total. The number of aromatic amines is 1. The van der Waals surface area contributed by atoms with E-state index in [4.69, 9.17) is 17.3 Å². The molecule has 0 aliphatic heterocycles. The second-order valence-corrected chi connectivity index (χ2v) is 5.91. The Morgan fingerprint density at radius 3 is 2.39 bits per heavy atom. The summed E-state index contributed by atoms with van der Waals surface area (Å²) in [5.74, 6) is -1.81. The van der Waals surface area contributed by atoms with Gasteiger partial charge in [0, 0.05) is 30.8 Å². The third kappa shape index (κ3) is 3.81. The Balaban J connectivity index is 1.74. The van der Waals surface area contributed by atoms with Gasteiger partial charge in [0.1, 0.15) is 5.69 Å². The molecule has 0 radical (unpaired) electrons. The van der Waals surface area contributed by atoms with Crippen molar-refractivity contribution < 1.29 is 14.4 Å². The summed E-state index contributed by atoms with van der Waals surface area (Å²) >= 11 is 5.85. The quantitative estimate of drug-likeness (QED) is 0.592. The predicted octanol–water partition coefficient (Wildman–Crippen LogP) is 1.48. The number of halogens is 1. The molecule has 0 atom stereocenters. The molecule has 28 heavy (non-hydrogen) atoms. The molecule has 0 saturated heterocycles. The van der Waals surface area contributed by atoms with E-state index in [0.29, 0.717) is 11.4 Å². The van der Waals surface area contributed by atoms with Crippen molar-refractivity contribution in [1.29, 1.82) is 0 Å². The monoisotopic (exact) mass is 399 g/mol. The lowest BCUT2D eigenvalue weighted by atomic mass is 10.2.